The Hall–Kier alpha value is 0.130. The van der Waals surface area contributed by atoms with Crippen molar-refractivity contribution in [2.45, 2.75) is 32.2 Å². The van der Waals surface area contributed by atoms with Crippen LogP contribution in [0.3, 0.4) is 0 Å². The molecule has 0 unspecified atom stereocenters. The first-order valence-corrected chi connectivity index (χ1v) is 7.63. The fraction of sp³-hybridized carbons (Fsp3) is 1.00. The minimum atomic E-state index is -2.52. The largest absolute Gasteiger partial charge is 0.299 e. The van der Waals surface area contributed by atoms with Crippen molar-refractivity contribution in [2.75, 3.05) is 38.3 Å². The van der Waals surface area contributed by atoms with E-state index in [2.05, 4.69) is 18.7 Å². The highest BCUT2D eigenvalue weighted by Crippen LogP contribution is 2.50. The SMILES string of the molecule is CSCN1CCC2(CN(C(C)C)C2)C(F)(F)C1. The Morgan fingerprint density at radius 3 is 2.35 bits per heavy atom. The van der Waals surface area contributed by atoms with Gasteiger partial charge in [0.25, 0.3) is 5.92 Å². The smallest absolute Gasteiger partial charge is 0.268 e. The van der Waals surface area contributed by atoms with Gasteiger partial charge in [-0.1, -0.05) is 0 Å². The molecule has 2 saturated heterocycles. The minimum absolute atomic E-state index is 0.0558. The zero-order valence-electron chi connectivity index (χ0n) is 10.9. The second kappa shape index (κ2) is 4.67. The highest BCUT2D eigenvalue weighted by atomic mass is 32.2. The molecule has 1 spiro atoms. The van der Waals surface area contributed by atoms with Crippen LogP contribution in [0.1, 0.15) is 20.3 Å². The molecule has 2 heterocycles. The lowest BCUT2D eigenvalue weighted by atomic mass is 9.68. The van der Waals surface area contributed by atoms with E-state index in [4.69, 9.17) is 0 Å². The normalized spacial score (nSPS) is 28.6. The van der Waals surface area contributed by atoms with Gasteiger partial charge in [0, 0.05) is 31.6 Å². The maximum absolute atomic E-state index is 14.2. The predicted octanol–water partition coefficient (Wildman–Crippen LogP) is 2.36. The number of halogens is 2. The van der Waals surface area contributed by atoms with Crippen LogP contribution in [0.25, 0.3) is 0 Å². The summed E-state index contributed by atoms with van der Waals surface area (Å²) in [6.45, 7) is 6.07. The third kappa shape index (κ3) is 2.34. The lowest BCUT2D eigenvalue weighted by molar-refractivity contribution is -0.227. The summed E-state index contributed by atoms with van der Waals surface area (Å²) in [5.41, 5.74) is -0.730. The molecule has 0 aromatic carbocycles. The van der Waals surface area contributed by atoms with Crippen LogP contribution in [0.5, 0.6) is 0 Å². The molecule has 0 aliphatic carbocycles. The lowest BCUT2D eigenvalue weighted by Crippen LogP contribution is -2.71. The van der Waals surface area contributed by atoms with Gasteiger partial charge in [0.05, 0.1) is 12.0 Å². The molecule has 0 saturated carbocycles. The van der Waals surface area contributed by atoms with Crippen molar-refractivity contribution in [3.8, 4) is 0 Å². The Balaban J connectivity index is 1.98. The van der Waals surface area contributed by atoms with Crippen molar-refractivity contribution >= 4 is 11.8 Å². The summed E-state index contributed by atoms with van der Waals surface area (Å²) in [5, 5.41) is 0. The summed E-state index contributed by atoms with van der Waals surface area (Å²) >= 11 is 1.62. The third-order valence-electron chi connectivity index (χ3n) is 4.16. The Labute approximate surface area is 107 Å². The molecule has 2 fully saturated rings. The van der Waals surface area contributed by atoms with Crippen LogP contribution < -0.4 is 0 Å². The van der Waals surface area contributed by atoms with Gasteiger partial charge in [-0.3, -0.25) is 9.80 Å². The van der Waals surface area contributed by atoms with E-state index >= 15 is 0 Å². The molecule has 2 aliphatic heterocycles. The molecular weight excluding hydrogens is 242 g/mol. The number of hydrogen-bond acceptors (Lipinski definition) is 3. The van der Waals surface area contributed by atoms with E-state index < -0.39 is 11.3 Å². The van der Waals surface area contributed by atoms with Gasteiger partial charge in [-0.05, 0) is 26.5 Å². The average molecular weight is 264 g/mol. The Kier molecular flexibility index (Phi) is 3.72. The number of hydrogen-bond donors (Lipinski definition) is 0. The number of thioether (sulfide) groups is 1. The van der Waals surface area contributed by atoms with Gasteiger partial charge in [0.15, 0.2) is 0 Å². The number of likely N-dealkylation sites (tertiary alicyclic amines) is 2. The van der Waals surface area contributed by atoms with Crippen molar-refractivity contribution in [3.05, 3.63) is 0 Å². The Morgan fingerprint density at radius 2 is 1.88 bits per heavy atom. The van der Waals surface area contributed by atoms with Crippen LogP contribution in [0.2, 0.25) is 0 Å². The van der Waals surface area contributed by atoms with Crippen LogP contribution in [-0.4, -0.2) is 60.1 Å². The maximum atomic E-state index is 14.2. The average Bonchev–Trinajstić information content (AvgIpc) is 2.13. The number of alkyl halides is 2. The summed E-state index contributed by atoms with van der Waals surface area (Å²) in [4.78, 5) is 4.03. The molecule has 0 radical (unpaired) electrons. The summed E-state index contributed by atoms with van der Waals surface area (Å²) < 4.78 is 28.5. The van der Waals surface area contributed by atoms with E-state index in [1.54, 1.807) is 11.8 Å². The van der Waals surface area contributed by atoms with Crippen molar-refractivity contribution in [2.24, 2.45) is 5.41 Å². The lowest BCUT2D eigenvalue weighted by Gasteiger charge is -2.58. The topological polar surface area (TPSA) is 6.48 Å². The maximum Gasteiger partial charge on any atom is 0.268 e. The monoisotopic (exact) mass is 264 g/mol. The molecule has 100 valence electrons. The van der Waals surface area contributed by atoms with Crippen LogP contribution in [0.15, 0.2) is 0 Å². The van der Waals surface area contributed by atoms with Crippen LogP contribution in [0.4, 0.5) is 8.78 Å². The minimum Gasteiger partial charge on any atom is -0.299 e. The van der Waals surface area contributed by atoms with Crippen LogP contribution >= 0.6 is 11.8 Å². The van der Waals surface area contributed by atoms with Crippen molar-refractivity contribution < 1.29 is 8.78 Å². The zero-order chi connectivity index (χ0) is 12.7. The molecule has 0 aromatic rings. The summed E-state index contributed by atoms with van der Waals surface area (Å²) in [5.74, 6) is -1.80. The molecular formula is C12H22F2N2S. The van der Waals surface area contributed by atoms with Crippen molar-refractivity contribution in [1.29, 1.82) is 0 Å². The molecule has 0 N–H and O–H groups in total. The van der Waals surface area contributed by atoms with Gasteiger partial charge in [0.1, 0.15) is 0 Å². The van der Waals surface area contributed by atoms with E-state index in [-0.39, 0.29) is 6.54 Å². The Bertz CT molecular complexity index is 278. The molecule has 0 bridgehead atoms. The van der Waals surface area contributed by atoms with E-state index in [0.29, 0.717) is 25.6 Å². The van der Waals surface area contributed by atoms with Crippen LogP contribution in [-0.2, 0) is 0 Å². The summed E-state index contributed by atoms with van der Waals surface area (Å²) in [6.07, 6.45) is 2.61. The molecule has 17 heavy (non-hydrogen) atoms. The second-order valence-electron chi connectivity index (χ2n) is 5.70. The molecule has 2 rings (SSSR count). The molecule has 0 atom stereocenters. The fourth-order valence-corrected chi connectivity index (χ4v) is 3.45. The highest BCUT2D eigenvalue weighted by molar-refractivity contribution is 7.98. The van der Waals surface area contributed by atoms with E-state index in [1.807, 2.05) is 11.2 Å². The van der Waals surface area contributed by atoms with Crippen molar-refractivity contribution in [1.82, 2.24) is 9.80 Å². The van der Waals surface area contributed by atoms with Crippen molar-refractivity contribution in [3.63, 3.8) is 0 Å². The van der Waals surface area contributed by atoms with E-state index in [9.17, 15) is 8.78 Å². The number of rotatable bonds is 3. The summed E-state index contributed by atoms with van der Waals surface area (Å²) in [6, 6.07) is 0.389. The Morgan fingerprint density at radius 1 is 1.24 bits per heavy atom. The van der Waals surface area contributed by atoms with E-state index in [0.717, 1.165) is 12.4 Å². The first kappa shape index (κ1) is 13.6. The number of piperidine rings is 1. The first-order valence-electron chi connectivity index (χ1n) is 6.23. The van der Waals surface area contributed by atoms with Gasteiger partial charge in [0.2, 0.25) is 0 Å². The molecule has 0 amide bonds. The number of nitrogens with zero attached hydrogens (tertiary/aromatic N) is 2. The van der Waals surface area contributed by atoms with Crippen LogP contribution in [0, 0.1) is 5.41 Å². The summed E-state index contributed by atoms with van der Waals surface area (Å²) in [7, 11) is 0. The molecule has 5 heteroatoms. The third-order valence-corrected chi connectivity index (χ3v) is 4.78. The van der Waals surface area contributed by atoms with Gasteiger partial charge >= 0.3 is 0 Å². The van der Waals surface area contributed by atoms with Gasteiger partial charge in [-0.25, -0.2) is 8.78 Å². The first-order chi connectivity index (χ1) is 7.90. The fourth-order valence-electron chi connectivity index (χ4n) is 2.86. The molecule has 2 nitrogen and oxygen atoms in total. The van der Waals surface area contributed by atoms with Gasteiger partial charge in [-0.2, -0.15) is 0 Å². The predicted molar refractivity (Wildman–Crippen MR) is 68.7 cm³/mol. The van der Waals surface area contributed by atoms with E-state index in [1.165, 1.54) is 0 Å². The highest BCUT2D eigenvalue weighted by Gasteiger charge is 2.62. The zero-order valence-corrected chi connectivity index (χ0v) is 11.7. The second-order valence-corrected chi connectivity index (χ2v) is 6.54. The van der Waals surface area contributed by atoms with Gasteiger partial charge < -0.3 is 0 Å². The molecule has 2 aliphatic rings. The quantitative estimate of drug-likeness (QED) is 0.772. The molecule has 0 aromatic heterocycles. The van der Waals surface area contributed by atoms with Gasteiger partial charge in [-0.15, -0.1) is 11.8 Å². The standard InChI is InChI=1S/C12H22F2N2S/c1-10(2)16-6-11(7-16)4-5-15(9-17-3)8-12(11,13)14/h10H,4-9H2,1-3H3.